The fraction of sp³-hybridized carbons (Fsp3) is 0.214. The topological polar surface area (TPSA) is 95.1 Å². The van der Waals surface area contributed by atoms with Crippen LogP contribution in [0.1, 0.15) is 17.7 Å². The van der Waals surface area contributed by atoms with Gasteiger partial charge in [0, 0.05) is 23.4 Å². The van der Waals surface area contributed by atoms with Gasteiger partial charge < -0.3 is 15.4 Å². The summed E-state index contributed by atoms with van der Waals surface area (Å²) in [5.41, 5.74) is 4.21. The van der Waals surface area contributed by atoms with Gasteiger partial charge in [-0.05, 0) is 17.7 Å². The summed E-state index contributed by atoms with van der Waals surface area (Å²) in [6, 6.07) is 5.66. The van der Waals surface area contributed by atoms with Gasteiger partial charge in [0.2, 0.25) is 5.91 Å². The first kappa shape index (κ1) is 12.4. The van der Waals surface area contributed by atoms with Gasteiger partial charge in [0.15, 0.2) is 0 Å². The Bertz CT molecular complexity index is 691. The zero-order valence-corrected chi connectivity index (χ0v) is 10.6. The van der Waals surface area contributed by atoms with Gasteiger partial charge in [-0.2, -0.15) is 0 Å². The van der Waals surface area contributed by atoms with Crippen LogP contribution >= 0.6 is 0 Å². The van der Waals surface area contributed by atoms with E-state index in [0.717, 1.165) is 28.2 Å². The molecule has 0 saturated carbocycles. The molecule has 2 aromatic rings. The summed E-state index contributed by atoms with van der Waals surface area (Å²) in [6.07, 6.45) is 2.39. The molecule has 1 aromatic carbocycles. The third-order valence-electron chi connectivity index (χ3n) is 3.31. The van der Waals surface area contributed by atoms with Gasteiger partial charge in [-0.15, -0.1) is 0 Å². The van der Waals surface area contributed by atoms with Crippen LogP contribution in [0.5, 0.6) is 0 Å². The molecular formula is C14H13N3O3. The summed E-state index contributed by atoms with van der Waals surface area (Å²) in [4.78, 5) is 29.2. The van der Waals surface area contributed by atoms with E-state index in [0.29, 0.717) is 12.8 Å². The van der Waals surface area contributed by atoms with Gasteiger partial charge in [-0.1, -0.05) is 6.07 Å². The number of carbonyl (C=O) groups is 2. The molecule has 1 amide bonds. The minimum absolute atomic E-state index is 0.00900. The number of aromatic nitrogens is 2. The Morgan fingerprint density at radius 1 is 1.40 bits per heavy atom. The summed E-state index contributed by atoms with van der Waals surface area (Å²) in [6.45, 7) is 0. The number of benzene rings is 1. The van der Waals surface area contributed by atoms with E-state index in [1.807, 2.05) is 18.2 Å². The molecule has 0 bridgehead atoms. The van der Waals surface area contributed by atoms with Crippen LogP contribution in [0.15, 0.2) is 24.5 Å². The number of aryl methyl sites for hydroxylation is 1. The summed E-state index contributed by atoms with van der Waals surface area (Å²) in [7, 11) is 0. The number of hydrogen-bond acceptors (Lipinski definition) is 3. The molecule has 0 saturated heterocycles. The zero-order valence-electron chi connectivity index (χ0n) is 10.6. The molecule has 2 heterocycles. The molecule has 6 heteroatoms. The number of amides is 1. The minimum Gasteiger partial charge on any atom is -0.481 e. The molecule has 3 N–H and O–H groups in total. The molecule has 0 aliphatic carbocycles. The molecular weight excluding hydrogens is 258 g/mol. The smallest absolute Gasteiger partial charge is 0.303 e. The Kier molecular flexibility index (Phi) is 2.98. The van der Waals surface area contributed by atoms with Crippen molar-refractivity contribution < 1.29 is 14.7 Å². The highest BCUT2D eigenvalue weighted by atomic mass is 16.4. The number of carbonyl (C=O) groups excluding carboxylic acids is 1. The van der Waals surface area contributed by atoms with E-state index < -0.39 is 5.97 Å². The molecule has 0 fully saturated rings. The van der Waals surface area contributed by atoms with Crippen molar-refractivity contribution in [2.24, 2.45) is 0 Å². The lowest BCUT2D eigenvalue weighted by atomic mass is 10.0. The van der Waals surface area contributed by atoms with Crippen LogP contribution in [0.2, 0.25) is 0 Å². The monoisotopic (exact) mass is 271 g/mol. The molecule has 0 spiro atoms. The van der Waals surface area contributed by atoms with Gasteiger partial charge in [0.1, 0.15) is 0 Å². The van der Waals surface area contributed by atoms with Crippen LogP contribution in [0.25, 0.3) is 11.3 Å². The SMILES string of the molecule is O=C(O)CCc1[nH]cnc1-c1ccc2c(c1)CC(=O)N2. The number of nitrogens with one attached hydrogen (secondary N) is 2. The Balaban J connectivity index is 1.90. The second-order valence-electron chi connectivity index (χ2n) is 4.72. The number of fused-ring (bicyclic) bond motifs is 1. The Labute approximate surface area is 114 Å². The molecule has 1 aliphatic heterocycles. The van der Waals surface area contributed by atoms with Crippen molar-refractivity contribution in [1.29, 1.82) is 0 Å². The van der Waals surface area contributed by atoms with Crippen molar-refractivity contribution >= 4 is 17.6 Å². The highest BCUT2D eigenvalue weighted by Crippen LogP contribution is 2.29. The second kappa shape index (κ2) is 4.80. The van der Waals surface area contributed by atoms with E-state index in [2.05, 4.69) is 15.3 Å². The van der Waals surface area contributed by atoms with E-state index in [1.165, 1.54) is 0 Å². The summed E-state index contributed by atoms with van der Waals surface area (Å²) in [5, 5.41) is 11.5. The lowest BCUT2D eigenvalue weighted by Crippen LogP contribution is -2.03. The van der Waals surface area contributed by atoms with E-state index in [4.69, 9.17) is 5.11 Å². The number of anilines is 1. The zero-order chi connectivity index (χ0) is 14.1. The number of imidazole rings is 1. The number of hydrogen-bond donors (Lipinski definition) is 3. The van der Waals surface area contributed by atoms with Crippen LogP contribution in [-0.2, 0) is 22.4 Å². The summed E-state index contributed by atoms with van der Waals surface area (Å²) < 4.78 is 0. The van der Waals surface area contributed by atoms with E-state index in [1.54, 1.807) is 6.33 Å². The van der Waals surface area contributed by atoms with Gasteiger partial charge in [0.05, 0.1) is 24.9 Å². The van der Waals surface area contributed by atoms with Crippen molar-refractivity contribution in [2.45, 2.75) is 19.3 Å². The fourth-order valence-electron chi connectivity index (χ4n) is 2.37. The number of H-pyrrole nitrogens is 1. The largest absolute Gasteiger partial charge is 0.481 e. The highest BCUT2D eigenvalue weighted by Gasteiger charge is 2.19. The van der Waals surface area contributed by atoms with Crippen LogP contribution in [-0.4, -0.2) is 27.0 Å². The number of carboxylic acids is 1. The lowest BCUT2D eigenvalue weighted by Gasteiger charge is -2.04. The molecule has 6 nitrogen and oxygen atoms in total. The standard InChI is InChI=1S/C14H13N3O3/c18-12-6-9-5-8(1-2-10(9)17-12)14-11(15-7-16-14)3-4-13(19)20/h1-2,5,7H,3-4,6H2,(H,15,16)(H,17,18)(H,19,20). The second-order valence-corrected chi connectivity index (χ2v) is 4.72. The predicted octanol–water partition coefficient (Wildman–Crippen LogP) is 1.59. The molecule has 3 rings (SSSR count). The third kappa shape index (κ3) is 2.27. The maximum Gasteiger partial charge on any atom is 0.303 e. The van der Waals surface area contributed by atoms with E-state index >= 15 is 0 Å². The minimum atomic E-state index is -0.839. The molecule has 0 unspecified atom stereocenters. The van der Waals surface area contributed by atoms with Crippen molar-refractivity contribution in [3.05, 3.63) is 35.8 Å². The van der Waals surface area contributed by atoms with Crippen molar-refractivity contribution in [2.75, 3.05) is 5.32 Å². The van der Waals surface area contributed by atoms with Crippen LogP contribution in [0.4, 0.5) is 5.69 Å². The lowest BCUT2D eigenvalue weighted by molar-refractivity contribution is -0.137. The van der Waals surface area contributed by atoms with Crippen LogP contribution in [0.3, 0.4) is 0 Å². The fourth-order valence-corrected chi connectivity index (χ4v) is 2.37. The van der Waals surface area contributed by atoms with Crippen molar-refractivity contribution in [3.8, 4) is 11.3 Å². The van der Waals surface area contributed by atoms with Gasteiger partial charge >= 0.3 is 5.97 Å². The average Bonchev–Trinajstić information content (AvgIpc) is 2.99. The third-order valence-corrected chi connectivity index (χ3v) is 3.31. The van der Waals surface area contributed by atoms with Crippen molar-refractivity contribution in [1.82, 2.24) is 9.97 Å². The molecule has 102 valence electrons. The molecule has 1 aliphatic rings. The normalized spacial score (nSPS) is 13.1. The number of aromatic amines is 1. The van der Waals surface area contributed by atoms with Gasteiger partial charge in [0.25, 0.3) is 0 Å². The first-order valence-corrected chi connectivity index (χ1v) is 6.30. The number of nitrogens with zero attached hydrogens (tertiary/aromatic N) is 1. The molecule has 0 radical (unpaired) electrons. The number of carboxylic acid groups (broad SMARTS) is 1. The molecule has 20 heavy (non-hydrogen) atoms. The molecule has 1 aromatic heterocycles. The number of rotatable bonds is 4. The predicted molar refractivity (Wildman–Crippen MR) is 72.3 cm³/mol. The number of aliphatic carboxylic acids is 1. The Morgan fingerprint density at radius 3 is 3.05 bits per heavy atom. The average molecular weight is 271 g/mol. The van der Waals surface area contributed by atoms with Crippen molar-refractivity contribution in [3.63, 3.8) is 0 Å². The van der Waals surface area contributed by atoms with E-state index in [9.17, 15) is 9.59 Å². The Morgan fingerprint density at radius 2 is 2.25 bits per heavy atom. The first-order chi connectivity index (χ1) is 9.63. The first-order valence-electron chi connectivity index (χ1n) is 6.30. The highest BCUT2D eigenvalue weighted by molar-refractivity contribution is 5.99. The summed E-state index contributed by atoms with van der Waals surface area (Å²) in [5.74, 6) is -0.848. The van der Waals surface area contributed by atoms with Crippen LogP contribution in [0, 0.1) is 0 Å². The van der Waals surface area contributed by atoms with Gasteiger partial charge in [-0.3, -0.25) is 9.59 Å². The maximum absolute atomic E-state index is 11.3. The molecule has 0 atom stereocenters. The van der Waals surface area contributed by atoms with Gasteiger partial charge in [-0.25, -0.2) is 4.98 Å². The van der Waals surface area contributed by atoms with Crippen LogP contribution < -0.4 is 5.32 Å². The maximum atomic E-state index is 11.3. The van der Waals surface area contributed by atoms with E-state index in [-0.39, 0.29) is 12.3 Å². The summed E-state index contributed by atoms with van der Waals surface area (Å²) >= 11 is 0. The Hall–Kier alpha value is -2.63. The quantitative estimate of drug-likeness (QED) is 0.787.